The van der Waals surface area contributed by atoms with Crippen LogP contribution in [-0.2, 0) is 19.6 Å². The molecule has 0 unspecified atom stereocenters. The van der Waals surface area contributed by atoms with Crippen molar-refractivity contribution < 1.29 is 22.3 Å². The van der Waals surface area contributed by atoms with E-state index < -0.39 is 16.0 Å². The fourth-order valence-electron chi connectivity index (χ4n) is 3.12. The maximum absolute atomic E-state index is 13.8. The van der Waals surface area contributed by atoms with Crippen LogP contribution >= 0.6 is 0 Å². The maximum Gasteiger partial charge on any atom is 0.310 e. The Morgan fingerprint density at radius 1 is 1.15 bits per heavy atom. The van der Waals surface area contributed by atoms with Crippen molar-refractivity contribution in [1.29, 1.82) is 0 Å². The van der Waals surface area contributed by atoms with Crippen molar-refractivity contribution in [3.05, 3.63) is 70.5 Å². The summed E-state index contributed by atoms with van der Waals surface area (Å²) < 4.78 is 41.3. The van der Waals surface area contributed by atoms with Gasteiger partial charge in [0, 0.05) is 0 Å². The molecule has 5 nitrogen and oxygen atoms in total. The molecule has 0 atom stereocenters. The zero-order valence-corrected chi connectivity index (χ0v) is 15.6. The second-order valence-electron chi connectivity index (χ2n) is 6.22. The van der Waals surface area contributed by atoms with Crippen LogP contribution in [0.5, 0.6) is 0 Å². The molecule has 2 aromatic carbocycles. The smallest absolute Gasteiger partial charge is 0.310 e. The van der Waals surface area contributed by atoms with Gasteiger partial charge in [0.15, 0.2) is 0 Å². The molecule has 0 fully saturated rings. The van der Waals surface area contributed by atoms with Crippen molar-refractivity contribution in [2.24, 2.45) is 5.14 Å². The molecule has 0 bridgehead atoms. The van der Waals surface area contributed by atoms with E-state index in [1.807, 2.05) is 13.0 Å². The lowest BCUT2D eigenvalue weighted by Crippen LogP contribution is -2.11. The molecule has 2 aromatic rings. The van der Waals surface area contributed by atoms with Gasteiger partial charge < -0.3 is 4.74 Å². The van der Waals surface area contributed by atoms with Crippen molar-refractivity contribution in [2.75, 3.05) is 7.11 Å². The topological polar surface area (TPSA) is 86.5 Å². The first-order valence-corrected chi connectivity index (χ1v) is 9.67. The van der Waals surface area contributed by atoms with E-state index in [1.165, 1.54) is 31.4 Å². The molecule has 0 amide bonds. The number of esters is 1. The number of ether oxygens (including phenoxy) is 1. The summed E-state index contributed by atoms with van der Waals surface area (Å²) in [6.07, 6.45) is 1.91. The van der Waals surface area contributed by atoms with Crippen molar-refractivity contribution in [1.82, 2.24) is 0 Å². The minimum Gasteiger partial charge on any atom is -0.469 e. The van der Waals surface area contributed by atoms with Crippen molar-refractivity contribution >= 4 is 33.2 Å². The SMILES string of the molecule is COC(=O)CC1=C(C)C(=Cc2ccc(S(N)(=O)=O)cc2)c2ccc(F)cc21. The number of nitrogens with two attached hydrogens (primary N) is 1. The Balaban J connectivity index is 2.09. The first kappa shape index (κ1) is 19.0. The van der Waals surface area contributed by atoms with Crippen molar-refractivity contribution in [2.45, 2.75) is 18.2 Å². The summed E-state index contributed by atoms with van der Waals surface area (Å²) in [5.41, 5.74) is 4.62. The summed E-state index contributed by atoms with van der Waals surface area (Å²) in [5, 5.41) is 5.12. The Kier molecular flexibility index (Phi) is 4.99. The van der Waals surface area contributed by atoms with Gasteiger partial charge in [0.2, 0.25) is 10.0 Å². The first-order chi connectivity index (χ1) is 12.7. The van der Waals surface area contributed by atoms with Gasteiger partial charge in [0.1, 0.15) is 5.82 Å². The number of rotatable bonds is 4. The van der Waals surface area contributed by atoms with E-state index in [0.29, 0.717) is 11.1 Å². The molecule has 0 saturated heterocycles. The number of carbonyl (C=O) groups is 1. The number of primary sulfonamides is 1. The Morgan fingerprint density at radius 2 is 1.81 bits per heavy atom. The van der Waals surface area contributed by atoms with Crippen LogP contribution < -0.4 is 5.14 Å². The number of sulfonamides is 1. The highest BCUT2D eigenvalue weighted by molar-refractivity contribution is 7.89. The van der Waals surface area contributed by atoms with Crippen LogP contribution in [-0.4, -0.2) is 21.5 Å². The average molecular weight is 387 g/mol. The van der Waals surface area contributed by atoms with E-state index in [4.69, 9.17) is 9.88 Å². The van der Waals surface area contributed by atoms with Crippen LogP contribution in [0.4, 0.5) is 4.39 Å². The highest BCUT2D eigenvalue weighted by atomic mass is 32.2. The Hall–Kier alpha value is -2.77. The summed E-state index contributed by atoms with van der Waals surface area (Å²) in [6.45, 7) is 1.86. The monoisotopic (exact) mass is 387 g/mol. The second kappa shape index (κ2) is 7.09. The lowest BCUT2D eigenvalue weighted by atomic mass is 10.0. The van der Waals surface area contributed by atoms with Gasteiger partial charge in [0.05, 0.1) is 18.4 Å². The Morgan fingerprint density at radius 3 is 2.41 bits per heavy atom. The second-order valence-corrected chi connectivity index (χ2v) is 7.78. The minimum atomic E-state index is -3.76. The third-order valence-corrected chi connectivity index (χ3v) is 5.45. The summed E-state index contributed by atoms with van der Waals surface area (Å²) in [7, 11) is -2.45. The third kappa shape index (κ3) is 3.84. The van der Waals surface area contributed by atoms with Crippen LogP contribution in [0.25, 0.3) is 17.2 Å². The lowest BCUT2D eigenvalue weighted by Gasteiger charge is -2.05. The predicted molar refractivity (Wildman–Crippen MR) is 101 cm³/mol. The van der Waals surface area contributed by atoms with Crippen LogP contribution in [0.2, 0.25) is 0 Å². The molecule has 7 heteroatoms. The molecule has 140 valence electrons. The van der Waals surface area contributed by atoms with Crippen LogP contribution in [0.15, 0.2) is 52.9 Å². The molecule has 0 spiro atoms. The molecule has 0 radical (unpaired) electrons. The molecule has 2 N–H and O–H groups in total. The van der Waals surface area contributed by atoms with E-state index in [9.17, 15) is 17.6 Å². The highest BCUT2D eigenvalue weighted by Crippen LogP contribution is 2.43. The molecule has 0 aliphatic heterocycles. The van der Waals surface area contributed by atoms with Gasteiger partial charge in [-0.2, -0.15) is 0 Å². The molecular weight excluding hydrogens is 369 g/mol. The molecule has 3 rings (SSSR count). The van der Waals surface area contributed by atoms with E-state index in [1.54, 1.807) is 18.2 Å². The summed E-state index contributed by atoms with van der Waals surface area (Å²) >= 11 is 0. The van der Waals surface area contributed by atoms with Crippen LogP contribution in [0.1, 0.15) is 30.0 Å². The van der Waals surface area contributed by atoms with Gasteiger partial charge >= 0.3 is 5.97 Å². The zero-order valence-electron chi connectivity index (χ0n) is 14.8. The van der Waals surface area contributed by atoms with Gasteiger partial charge in [-0.25, -0.2) is 17.9 Å². The summed E-state index contributed by atoms with van der Waals surface area (Å²) in [4.78, 5) is 11.8. The average Bonchev–Trinajstić information content (AvgIpc) is 2.86. The molecule has 1 aliphatic rings. The normalized spacial score (nSPS) is 15.2. The van der Waals surface area contributed by atoms with E-state index in [2.05, 4.69) is 0 Å². The number of allylic oxidation sites excluding steroid dienone is 2. The number of fused-ring (bicyclic) bond motifs is 1. The fourth-order valence-corrected chi connectivity index (χ4v) is 3.63. The Bertz CT molecular complexity index is 1080. The van der Waals surface area contributed by atoms with Crippen LogP contribution in [0.3, 0.4) is 0 Å². The number of carbonyl (C=O) groups excluding carboxylic acids is 1. The molecule has 0 saturated carbocycles. The van der Waals surface area contributed by atoms with Crippen molar-refractivity contribution in [3.63, 3.8) is 0 Å². The van der Waals surface area contributed by atoms with Gasteiger partial charge in [0.25, 0.3) is 0 Å². The number of methoxy groups -OCH3 is 1. The number of benzene rings is 2. The Labute approximate surface area is 157 Å². The van der Waals surface area contributed by atoms with Crippen molar-refractivity contribution in [3.8, 4) is 0 Å². The molecule has 0 aromatic heterocycles. The maximum atomic E-state index is 13.8. The number of halogens is 1. The summed E-state index contributed by atoms with van der Waals surface area (Å²) in [5.74, 6) is -0.791. The third-order valence-electron chi connectivity index (χ3n) is 4.52. The molecule has 1 aliphatic carbocycles. The number of hydrogen-bond acceptors (Lipinski definition) is 4. The number of hydrogen-bond donors (Lipinski definition) is 1. The van der Waals surface area contributed by atoms with E-state index >= 15 is 0 Å². The fraction of sp³-hybridized carbons (Fsp3) is 0.150. The van der Waals surface area contributed by atoms with Gasteiger partial charge in [-0.05, 0) is 70.7 Å². The van der Waals surface area contributed by atoms with Gasteiger partial charge in [-0.1, -0.05) is 18.2 Å². The van der Waals surface area contributed by atoms with Gasteiger partial charge in [-0.15, -0.1) is 0 Å². The first-order valence-electron chi connectivity index (χ1n) is 8.12. The lowest BCUT2D eigenvalue weighted by molar-refractivity contribution is -0.139. The summed E-state index contributed by atoms with van der Waals surface area (Å²) in [6, 6.07) is 10.6. The van der Waals surface area contributed by atoms with Crippen LogP contribution in [0, 0.1) is 5.82 Å². The van der Waals surface area contributed by atoms with E-state index in [0.717, 1.165) is 22.3 Å². The molecule has 27 heavy (non-hydrogen) atoms. The largest absolute Gasteiger partial charge is 0.469 e. The van der Waals surface area contributed by atoms with E-state index in [-0.39, 0.29) is 17.1 Å². The predicted octanol–water partition coefficient (Wildman–Crippen LogP) is 3.36. The van der Waals surface area contributed by atoms with Gasteiger partial charge in [-0.3, -0.25) is 4.79 Å². The minimum absolute atomic E-state index is 0.0252. The molecular formula is C20H18FNO4S. The zero-order chi connectivity index (χ0) is 19.8. The molecule has 0 heterocycles. The quantitative estimate of drug-likeness (QED) is 0.815. The standard InChI is InChI=1S/C20H18FNO4S/c1-12-17(9-13-3-6-15(7-4-13)27(22,24)25)16-8-5-14(21)10-19(16)18(12)11-20(23)26-2/h3-10H,11H2,1-2H3,(H2,22,24,25). The highest BCUT2D eigenvalue weighted by Gasteiger charge is 2.26.